The minimum absolute atomic E-state index is 0.0425. The van der Waals surface area contributed by atoms with Gasteiger partial charge >= 0.3 is 0 Å². The molecule has 1 saturated carbocycles. The summed E-state index contributed by atoms with van der Waals surface area (Å²) in [6, 6.07) is 9.99. The Morgan fingerprint density at radius 3 is 2.57 bits per heavy atom. The molecular formula is C24H27N5O. The molecule has 0 amide bonds. The summed E-state index contributed by atoms with van der Waals surface area (Å²) in [5, 5.41) is 0. The largest absolute Gasteiger partial charge is 0.310 e. The average Bonchev–Trinajstić information content (AvgIpc) is 2.81. The number of nitrogens with one attached hydrogen (secondary N) is 1. The number of nitrogens with zero attached hydrogens (tertiary/aromatic N) is 4. The minimum atomic E-state index is 0.0425. The van der Waals surface area contributed by atoms with E-state index in [1.54, 1.807) is 0 Å². The van der Waals surface area contributed by atoms with Crippen LogP contribution in [0.15, 0.2) is 47.5 Å². The Morgan fingerprint density at radius 2 is 1.80 bits per heavy atom. The second-order valence-corrected chi connectivity index (χ2v) is 8.45. The van der Waals surface area contributed by atoms with Crippen LogP contribution < -0.4 is 5.56 Å². The molecule has 0 radical (unpaired) electrons. The summed E-state index contributed by atoms with van der Waals surface area (Å²) in [4.78, 5) is 32.1. The topological polar surface area (TPSA) is 74.8 Å². The first-order valence-corrected chi connectivity index (χ1v) is 11.0. The standard InChI is InChI=1S/C24H27N5O/c30-24-20-16-29(12-11-21(20)27-23(28-24)19-9-5-2-6-10-19)15-17-13-25-22(26-14-17)18-7-3-1-4-8-18/h1,3-4,7-8,13-14,19H,2,5-6,9-12,15-16H2,(H,27,28,30). The summed E-state index contributed by atoms with van der Waals surface area (Å²) in [6.07, 6.45) is 10.7. The van der Waals surface area contributed by atoms with Gasteiger partial charge in [0.25, 0.3) is 5.56 Å². The maximum Gasteiger partial charge on any atom is 0.255 e. The van der Waals surface area contributed by atoms with Crippen molar-refractivity contribution in [2.45, 2.75) is 57.5 Å². The first-order valence-electron chi connectivity index (χ1n) is 11.0. The smallest absolute Gasteiger partial charge is 0.255 e. The van der Waals surface area contributed by atoms with Crippen LogP contribution in [0.25, 0.3) is 11.4 Å². The van der Waals surface area contributed by atoms with E-state index < -0.39 is 0 Å². The van der Waals surface area contributed by atoms with Gasteiger partial charge < -0.3 is 4.98 Å². The van der Waals surface area contributed by atoms with Crippen LogP contribution in [0.3, 0.4) is 0 Å². The van der Waals surface area contributed by atoms with Crippen molar-refractivity contribution >= 4 is 0 Å². The first kappa shape index (κ1) is 19.1. The van der Waals surface area contributed by atoms with Gasteiger partial charge in [-0.3, -0.25) is 9.69 Å². The molecular weight excluding hydrogens is 374 g/mol. The van der Waals surface area contributed by atoms with Gasteiger partial charge in [-0.15, -0.1) is 0 Å². The highest BCUT2D eigenvalue weighted by atomic mass is 16.1. The number of benzene rings is 1. The first-order chi connectivity index (χ1) is 14.8. The minimum Gasteiger partial charge on any atom is -0.310 e. The zero-order valence-electron chi connectivity index (χ0n) is 17.2. The van der Waals surface area contributed by atoms with Crippen molar-refractivity contribution in [2.75, 3.05) is 6.54 Å². The number of rotatable bonds is 4. The molecule has 1 aliphatic carbocycles. The fourth-order valence-electron chi connectivity index (χ4n) is 4.64. The predicted octanol–water partition coefficient (Wildman–Crippen LogP) is 3.83. The number of fused-ring (bicyclic) bond motifs is 1. The maximum absolute atomic E-state index is 12.8. The van der Waals surface area contributed by atoms with Crippen LogP contribution in [0, 0.1) is 0 Å². The second kappa shape index (κ2) is 8.48. The number of H-pyrrole nitrogens is 1. The molecule has 0 bridgehead atoms. The Kier molecular flexibility index (Phi) is 5.41. The van der Waals surface area contributed by atoms with Gasteiger partial charge in [0.2, 0.25) is 0 Å². The van der Waals surface area contributed by atoms with Crippen LogP contribution in [-0.2, 0) is 19.5 Å². The lowest BCUT2D eigenvalue weighted by molar-refractivity contribution is 0.240. The summed E-state index contributed by atoms with van der Waals surface area (Å²) in [5.74, 6) is 2.08. The Balaban J connectivity index is 1.28. The Bertz CT molecular complexity index is 1060. The summed E-state index contributed by atoms with van der Waals surface area (Å²) in [5.41, 5.74) is 3.93. The molecule has 0 atom stereocenters. The molecule has 3 aromatic rings. The van der Waals surface area contributed by atoms with E-state index >= 15 is 0 Å². The quantitative estimate of drug-likeness (QED) is 0.719. The highest BCUT2D eigenvalue weighted by Crippen LogP contribution is 2.30. The van der Waals surface area contributed by atoms with E-state index in [4.69, 9.17) is 4.98 Å². The summed E-state index contributed by atoms with van der Waals surface area (Å²) in [6.45, 7) is 2.26. The molecule has 0 saturated heterocycles. The number of aromatic amines is 1. The summed E-state index contributed by atoms with van der Waals surface area (Å²) in [7, 11) is 0. The van der Waals surface area contributed by atoms with Crippen LogP contribution in [0.5, 0.6) is 0 Å². The van der Waals surface area contributed by atoms with Crippen molar-refractivity contribution in [3.8, 4) is 11.4 Å². The molecule has 0 unspecified atom stereocenters. The monoisotopic (exact) mass is 401 g/mol. The second-order valence-electron chi connectivity index (χ2n) is 8.45. The zero-order valence-corrected chi connectivity index (χ0v) is 17.2. The van der Waals surface area contributed by atoms with Gasteiger partial charge in [0.05, 0.1) is 11.3 Å². The van der Waals surface area contributed by atoms with Gasteiger partial charge in [0.1, 0.15) is 5.82 Å². The normalized spacial score (nSPS) is 17.6. The average molecular weight is 402 g/mol. The summed E-state index contributed by atoms with van der Waals surface area (Å²) < 4.78 is 0. The van der Waals surface area contributed by atoms with Crippen LogP contribution in [0.2, 0.25) is 0 Å². The van der Waals surface area contributed by atoms with Gasteiger partial charge in [-0.05, 0) is 12.8 Å². The number of hydrogen-bond donors (Lipinski definition) is 1. The van der Waals surface area contributed by atoms with E-state index in [9.17, 15) is 4.79 Å². The Hall–Kier alpha value is -2.86. The third-order valence-electron chi connectivity index (χ3n) is 6.30. The van der Waals surface area contributed by atoms with E-state index in [1.807, 2.05) is 42.7 Å². The molecule has 2 aromatic heterocycles. The molecule has 1 aliphatic heterocycles. The Labute approximate surface area is 176 Å². The third kappa shape index (κ3) is 4.05. The molecule has 3 heterocycles. The highest BCUT2D eigenvalue weighted by Gasteiger charge is 2.24. The SMILES string of the molecule is O=c1[nH]c(C2CCCCC2)nc2c1CN(Cc1cnc(-c3ccccc3)nc1)CC2. The van der Waals surface area contributed by atoms with Crippen molar-refractivity contribution in [3.05, 3.63) is 75.7 Å². The number of hydrogen-bond acceptors (Lipinski definition) is 5. The van der Waals surface area contributed by atoms with Gasteiger partial charge in [-0.2, -0.15) is 0 Å². The lowest BCUT2D eigenvalue weighted by atomic mass is 9.88. The fraction of sp³-hybridized carbons (Fsp3) is 0.417. The fourth-order valence-corrected chi connectivity index (χ4v) is 4.64. The molecule has 5 rings (SSSR count). The van der Waals surface area contributed by atoms with Crippen LogP contribution in [-0.4, -0.2) is 31.4 Å². The van der Waals surface area contributed by atoms with Crippen molar-refractivity contribution in [1.82, 2.24) is 24.8 Å². The van der Waals surface area contributed by atoms with Gasteiger partial charge in [-0.25, -0.2) is 15.0 Å². The molecule has 1 N–H and O–H groups in total. The molecule has 6 heteroatoms. The highest BCUT2D eigenvalue weighted by molar-refractivity contribution is 5.53. The van der Waals surface area contributed by atoms with Crippen molar-refractivity contribution in [2.24, 2.45) is 0 Å². The van der Waals surface area contributed by atoms with Crippen LogP contribution in [0.4, 0.5) is 0 Å². The number of aromatic nitrogens is 4. The molecule has 6 nitrogen and oxygen atoms in total. The molecule has 1 aromatic carbocycles. The lowest BCUT2D eigenvalue weighted by Gasteiger charge is -2.28. The van der Waals surface area contributed by atoms with Crippen LogP contribution >= 0.6 is 0 Å². The zero-order chi connectivity index (χ0) is 20.3. The maximum atomic E-state index is 12.8. The van der Waals surface area contributed by atoms with Gasteiger partial charge in [0, 0.05) is 55.5 Å². The van der Waals surface area contributed by atoms with E-state index in [0.717, 1.165) is 66.4 Å². The van der Waals surface area contributed by atoms with Gasteiger partial charge in [-0.1, -0.05) is 49.6 Å². The van der Waals surface area contributed by atoms with Crippen molar-refractivity contribution in [1.29, 1.82) is 0 Å². The van der Waals surface area contributed by atoms with E-state index in [2.05, 4.69) is 19.9 Å². The predicted molar refractivity (Wildman–Crippen MR) is 116 cm³/mol. The van der Waals surface area contributed by atoms with Crippen molar-refractivity contribution in [3.63, 3.8) is 0 Å². The lowest BCUT2D eigenvalue weighted by Crippen LogP contribution is -2.36. The van der Waals surface area contributed by atoms with Crippen molar-refractivity contribution < 1.29 is 0 Å². The third-order valence-corrected chi connectivity index (χ3v) is 6.30. The molecule has 30 heavy (non-hydrogen) atoms. The van der Waals surface area contributed by atoms with E-state index in [0.29, 0.717) is 12.5 Å². The van der Waals surface area contributed by atoms with Gasteiger partial charge in [0.15, 0.2) is 5.82 Å². The Morgan fingerprint density at radius 1 is 1.03 bits per heavy atom. The van der Waals surface area contributed by atoms with E-state index in [-0.39, 0.29) is 5.56 Å². The molecule has 2 aliphatic rings. The van der Waals surface area contributed by atoms with Crippen LogP contribution in [0.1, 0.15) is 60.7 Å². The van der Waals surface area contributed by atoms with E-state index in [1.165, 1.54) is 19.3 Å². The summed E-state index contributed by atoms with van der Waals surface area (Å²) >= 11 is 0. The molecule has 1 fully saturated rings. The molecule has 0 spiro atoms. The molecule has 154 valence electrons.